The van der Waals surface area contributed by atoms with Crippen LogP contribution in [0, 0.1) is 0 Å². The molecule has 0 aliphatic heterocycles. The van der Waals surface area contributed by atoms with Crippen molar-refractivity contribution in [2.24, 2.45) is 5.73 Å². The summed E-state index contributed by atoms with van der Waals surface area (Å²) in [5.74, 6) is 0. The van der Waals surface area contributed by atoms with Gasteiger partial charge < -0.3 is 10.7 Å². The van der Waals surface area contributed by atoms with Crippen LogP contribution in [0.15, 0.2) is 24.5 Å². The molecule has 0 atom stereocenters. The largest absolute Gasteiger partial charge is 0.360 e. The molecule has 12 heavy (non-hydrogen) atoms. The fourth-order valence-corrected chi connectivity index (χ4v) is 1.17. The van der Waals surface area contributed by atoms with E-state index in [1.165, 1.54) is 0 Å². The molecule has 2 aromatic heterocycles. The summed E-state index contributed by atoms with van der Waals surface area (Å²) in [6.45, 7) is 0.539. The van der Waals surface area contributed by atoms with Gasteiger partial charge in [0.2, 0.25) is 0 Å². The highest BCUT2D eigenvalue weighted by Crippen LogP contribution is 2.13. The molecule has 0 saturated carbocycles. The normalized spacial score (nSPS) is 9.75. The van der Waals surface area contributed by atoms with Crippen LogP contribution in [0.5, 0.6) is 0 Å². The van der Waals surface area contributed by atoms with Gasteiger partial charge in [0.15, 0.2) is 0 Å². The van der Waals surface area contributed by atoms with Crippen molar-refractivity contribution < 1.29 is 0 Å². The average molecular weight is 184 g/mol. The Morgan fingerprint density at radius 2 is 2.33 bits per heavy atom. The number of pyridine rings is 1. The van der Waals surface area contributed by atoms with Gasteiger partial charge >= 0.3 is 0 Å². The fraction of sp³-hybridized carbons (Fsp3) is 0.125. The van der Waals surface area contributed by atoms with Gasteiger partial charge in [-0.25, -0.2) is 0 Å². The van der Waals surface area contributed by atoms with Gasteiger partial charge in [-0.3, -0.25) is 4.98 Å². The Labute approximate surface area is 76.4 Å². The number of aromatic amines is 1. The molecule has 2 heterocycles. The molecule has 0 spiro atoms. The highest BCUT2D eigenvalue weighted by molar-refractivity contribution is 5.85. The minimum absolute atomic E-state index is 0. The second-order valence-electron chi connectivity index (χ2n) is 2.42. The third-order valence-electron chi connectivity index (χ3n) is 1.73. The lowest BCUT2D eigenvalue weighted by Gasteiger charge is -1.89. The van der Waals surface area contributed by atoms with Crippen LogP contribution in [0.4, 0.5) is 0 Å². The first kappa shape index (κ1) is 9.03. The summed E-state index contributed by atoms with van der Waals surface area (Å²) in [6, 6.07) is 3.89. The first-order chi connectivity index (χ1) is 5.42. The topological polar surface area (TPSA) is 54.7 Å². The molecule has 2 rings (SSSR count). The van der Waals surface area contributed by atoms with Crippen LogP contribution < -0.4 is 5.73 Å². The number of nitrogens with one attached hydrogen (secondary N) is 1. The highest BCUT2D eigenvalue weighted by Gasteiger charge is 1.99. The molecule has 64 valence electrons. The molecule has 0 aromatic carbocycles. The quantitative estimate of drug-likeness (QED) is 0.703. The lowest BCUT2D eigenvalue weighted by molar-refractivity contribution is 1.08. The van der Waals surface area contributed by atoms with Crippen LogP contribution in [-0.4, -0.2) is 9.97 Å². The van der Waals surface area contributed by atoms with E-state index in [0.717, 1.165) is 16.6 Å². The van der Waals surface area contributed by atoms with E-state index in [9.17, 15) is 0 Å². The molecule has 0 unspecified atom stereocenters. The van der Waals surface area contributed by atoms with Gasteiger partial charge in [0.05, 0.1) is 11.0 Å². The lowest BCUT2D eigenvalue weighted by Crippen LogP contribution is -1.94. The highest BCUT2D eigenvalue weighted by atomic mass is 35.5. The van der Waals surface area contributed by atoms with Crippen LogP contribution in [-0.2, 0) is 6.54 Å². The molecule has 0 aliphatic rings. The Kier molecular flexibility index (Phi) is 2.68. The van der Waals surface area contributed by atoms with Crippen molar-refractivity contribution in [2.75, 3.05) is 0 Å². The summed E-state index contributed by atoms with van der Waals surface area (Å²) in [7, 11) is 0. The number of nitrogens with two attached hydrogens (primary N) is 1. The second-order valence-corrected chi connectivity index (χ2v) is 2.42. The summed E-state index contributed by atoms with van der Waals surface area (Å²) >= 11 is 0. The van der Waals surface area contributed by atoms with Gasteiger partial charge in [-0.05, 0) is 12.1 Å². The van der Waals surface area contributed by atoms with E-state index in [0.29, 0.717) is 6.54 Å². The molecule has 3 nitrogen and oxygen atoms in total. The number of hydrogen-bond acceptors (Lipinski definition) is 2. The zero-order valence-corrected chi connectivity index (χ0v) is 7.27. The van der Waals surface area contributed by atoms with Crippen LogP contribution in [0.1, 0.15) is 5.56 Å². The third-order valence-corrected chi connectivity index (χ3v) is 1.73. The summed E-state index contributed by atoms with van der Waals surface area (Å²) in [5, 5.41) is 0. The van der Waals surface area contributed by atoms with Crippen molar-refractivity contribution in [3.05, 3.63) is 30.1 Å². The number of aromatic nitrogens is 2. The van der Waals surface area contributed by atoms with E-state index >= 15 is 0 Å². The average Bonchev–Trinajstić information content (AvgIpc) is 2.47. The second kappa shape index (κ2) is 3.56. The Bertz CT molecular complexity index is 369. The number of hydrogen-bond donors (Lipinski definition) is 2. The lowest BCUT2D eigenvalue weighted by atomic mass is 10.3. The van der Waals surface area contributed by atoms with E-state index in [1.54, 1.807) is 6.20 Å². The van der Waals surface area contributed by atoms with Gasteiger partial charge in [0.25, 0.3) is 0 Å². The predicted molar refractivity (Wildman–Crippen MR) is 51.2 cm³/mol. The van der Waals surface area contributed by atoms with E-state index in [-0.39, 0.29) is 12.4 Å². The molecule has 3 N–H and O–H groups in total. The minimum Gasteiger partial charge on any atom is -0.360 e. The van der Waals surface area contributed by atoms with Gasteiger partial charge in [0.1, 0.15) is 0 Å². The maximum Gasteiger partial charge on any atom is 0.0923 e. The van der Waals surface area contributed by atoms with Gasteiger partial charge in [0, 0.05) is 24.5 Å². The third kappa shape index (κ3) is 1.29. The van der Waals surface area contributed by atoms with Crippen LogP contribution in [0.2, 0.25) is 0 Å². The number of H-pyrrole nitrogens is 1. The summed E-state index contributed by atoms with van der Waals surface area (Å²) in [6.07, 6.45) is 3.67. The zero-order chi connectivity index (χ0) is 7.68. The smallest absolute Gasteiger partial charge is 0.0923 e. The first-order valence-electron chi connectivity index (χ1n) is 3.53. The molecule has 0 aliphatic carbocycles. The Morgan fingerprint density at radius 3 is 3.08 bits per heavy atom. The van der Waals surface area contributed by atoms with Gasteiger partial charge in [-0.15, -0.1) is 12.4 Å². The molecular weight excluding hydrogens is 174 g/mol. The summed E-state index contributed by atoms with van der Waals surface area (Å²) in [4.78, 5) is 7.30. The number of fused-ring (bicyclic) bond motifs is 1. The van der Waals surface area contributed by atoms with Crippen molar-refractivity contribution in [2.45, 2.75) is 6.54 Å². The van der Waals surface area contributed by atoms with Crippen molar-refractivity contribution in [3.63, 3.8) is 0 Å². The minimum atomic E-state index is 0. The maximum atomic E-state index is 5.50. The Morgan fingerprint density at radius 1 is 1.50 bits per heavy atom. The molecule has 2 aromatic rings. The van der Waals surface area contributed by atoms with Gasteiger partial charge in [-0.1, -0.05) is 0 Å². The monoisotopic (exact) mass is 183 g/mol. The fourth-order valence-electron chi connectivity index (χ4n) is 1.17. The Balaban J connectivity index is 0.000000720. The van der Waals surface area contributed by atoms with Crippen molar-refractivity contribution in [3.8, 4) is 0 Å². The van der Waals surface area contributed by atoms with Crippen molar-refractivity contribution in [1.29, 1.82) is 0 Å². The van der Waals surface area contributed by atoms with Crippen LogP contribution >= 0.6 is 12.4 Å². The summed E-state index contributed by atoms with van der Waals surface area (Å²) < 4.78 is 0. The van der Waals surface area contributed by atoms with E-state index in [4.69, 9.17) is 5.73 Å². The zero-order valence-electron chi connectivity index (χ0n) is 6.45. The van der Waals surface area contributed by atoms with E-state index in [2.05, 4.69) is 9.97 Å². The standard InChI is InChI=1S/C8H9N3.ClH/c9-4-6-5-11-7-2-1-3-10-8(6)7;/h1-3,5,11H,4,9H2;1H. The number of nitrogens with zero attached hydrogens (tertiary/aromatic N) is 1. The molecule has 0 amide bonds. The predicted octanol–water partition coefficient (Wildman–Crippen LogP) is 1.44. The molecule has 0 bridgehead atoms. The molecule has 0 fully saturated rings. The van der Waals surface area contributed by atoms with Crippen molar-refractivity contribution in [1.82, 2.24) is 9.97 Å². The summed E-state index contributed by atoms with van der Waals surface area (Å²) in [5.41, 5.74) is 8.60. The van der Waals surface area contributed by atoms with E-state index in [1.807, 2.05) is 18.3 Å². The van der Waals surface area contributed by atoms with Crippen LogP contribution in [0.25, 0.3) is 11.0 Å². The van der Waals surface area contributed by atoms with E-state index < -0.39 is 0 Å². The van der Waals surface area contributed by atoms with Crippen molar-refractivity contribution >= 4 is 23.4 Å². The maximum absolute atomic E-state index is 5.50. The molecule has 0 radical (unpaired) electrons. The van der Waals surface area contributed by atoms with Gasteiger partial charge in [-0.2, -0.15) is 0 Å². The van der Waals surface area contributed by atoms with Crippen LogP contribution in [0.3, 0.4) is 0 Å². The molecule has 4 heteroatoms. The SMILES string of the molecule is Cl.NCc1c[nH]c2cccnc12. The first-order valence-corrected chi connectivity index (χ1v) is 3.53. The number of halogens is 1. The number of rotatable bonds is 1. The molecule has 0 saturated heterocycles. The molecular formula is C8H10ClN3. The Hall–Kier alpha value is -1.06.